The molecule has 216 valence electrons. The molecule has 2 aromatic carbocycles. The molecule has 1 aromatic heterocycles. The standard InChI is InChI=1S/C30H36N6O5/c1-21-6-4-5-7-26(21)41-24-10-8-23(9-11-24)35(2)30-32-20-31-29(34-30)33-22-18-25(37)28(38-3)27(19-22)40-17-14-36-12-15-39-16-13-36/h4-11,18-21,26,37H,12-17H2,1-3H3,(H,31,32,33,34). The highest BCUT2D eigenvalue weighted by Gasteiger charge is 2.18. The third kappa shape index (κ3) is 7.24. The van der Waals surface area contributed by atoms with Crippen molar-refractivity contribution in [3.8, 4) is 23.0 Å². The van der Waals surface area contributed by atoms with Gasteiger partial charge in [-0.1, -0.05) is 25.2 Å². The van der Waals surface area contributed by atoms with Crippen LogP contribution in [0.3, 0.4) is 0 Å². The number of phenols is 1. The maximum Gasteiger partial charge on any atom is 0.234 e. The van der Waals surface area contributed by atoms with Gasteiger partial charge in [-0.3, -0.25) is 4.90 Å². The molecule has 2 aliphatic rings. The summed E-state index contributed by atoms with van der Waals surface area (Å²) in [7, 11) is 3.37. The molecule has 3 aromatic rings. The van der Waals surface area contributed by atoms with Crippen LogP contribution in [-0.2, 0) is 4.74 Å². The van der Waals surface area contributed by atoms with Crippen LogP contribution < -0.4 is 24.4 Å². The first-order valence-electron chi connectivity index (χ1n) is 13.7. The van der Waals surface area contributed by atoms with Gasteiger partial charge in [0.2, 0.25) is 17.6 Å². The largest absolute Gasteiger partial charge is 0.504 e. The van der Waals surface area contributed by atoms with E-state index in [4.69, 9.17) is 18.9 Å². The van der Waals surface area contributed by atoms with Gasteiger partial charge in [0.25, 0.3) is 0 Å². The van der Waals surface area contributed by atoms with E-state index in [0.717, 1.165) is 44.3 Å². The van der Waals surface area contributed by atoms with E-state index in [1.165, 1.54) is 19.5 Å². The molecule has 0 saturated carbocycles. The summed E-state index contributed by atoms with van der Waals surface area (Å²) in [5.41, 5.74) is 1.44. The summed E-state index contributed by atoms with van der Waals surface area (Å²) < 4.78 is 22.9. The molecule has 11 heteroatoms. The zero-order valence-corrected chi connectivity index (χ0v) is 23.6. The average Bonchev–Trinajstić information content (AvgIpc) is 2.99. The van der Waals surface area contributed by atoms with Crippen LogP contribution in [-0.4, -0.2) is 84.7 Å². The van der Waals surface area contributed by atoms with Gasteiger partial charge in [0.1, 0.15) is 24.8 Å². The number of nitrogens with one attached hydrogen (secondary N) is 1. The van der Waals surface area contributed by atoms with Gasteiger partial charge in [-0.25, -0.2) is 9.97 Å². The van der Waals surface area contributed by atoms with Gasteiger partial charge in [-0.15, -0.1) is 0 Å². The van der Waals surface area contributed by atoms with Crippen LogP contribution in [0.25, 0.3) is 0 Å². The minimum absolute atomic E-state index is 0.00817. The van der Waals surface area contributed by atoms with Crippen molar-refractivity contribution >= 4 is 23.3 Å². The Morgan fingerprint density at radius 1 is 1.10 bits per heavy atom. The Labute approximate surface area is 240 Å². The lowest BCUT2D eigenvalue weighted by atomic mass is 10.00. The molecule has 0 amide bonds. The summed E-state index contributed by atoms with van der Waals surface area (Å²) in [6.07, 6.45) is 9.69. The summed E-state index contributed by atoms with van der Waals surface area (Å²) >= 11 is 0. The number of aromatic nitrogens is 3. The Morgan fingerprint density at radius 3 is 2.63 bits per heavy atom. The molecular formula is C30H36N6O5. The van der Waals surface area contributed by atoms with Crippen LogP contribution in [0.2, 0.25) is 0 Å². The van der Waals surface area contributed by atoms with Gasteiger partial charge in [-0.2, -0.15) is 4.98 Å². The molecule has 11 nitrogen and oxygen atoms in total. The van der Waals surface area contributed by atoms with Crippen molar-refractivity contribution in [1.29, 1.82) is 0 Å². The molecule has 0 bridgehead atoms. The predicted octanol–water partition coefficient (Wildman–Crippen LogP) is 4.32. The quantitative estimate of drug-likeness (QED) is 0.349. The maximum absolute atomic E-state index is 10.6. The van der Waals surface area contributed by atoms with E-state index in [1.54, 1.807) is 6.07 Å². The molecule has 2 N–H and O–H groups in total. The molecular weight excluding hydrogens is 524 g/mol. The summed E-state index contributed by atoms with van der Waals surface area (Å²) in [5, 5.41) is 13.7. The van der Waals surface area contributed by atoms with E-state index < -0.39 is 0 Å². The topological polar surface area (TPSA) is 114 Å². The highest BCUT2D eigenvalue weighted by molar-refractivity contribution is 5.66. The van der Waals surface area contributed by atoms with Crippen LogP contribution in [0.4, 0.5) is 23.3 Å². The average molecular weight is 561 g/mol. The Kier molecular flexibility index (Phi) is 9.17. The Bertz CT molecular complexity index is 1360. The van der Waals surface area contributed by atoms with Crippen molar-refractivity contribution in [1.82, 2.24) is 19.9 Å². The van der Waals surface area contributed by atoms with Crippen LogP contribution in [0, 0.1) is 5.92 Å². The highest BCUT2D eigenvalue weighted by Crippen LogP contribution is 2.40. The molecule has 1 aliphatic carbocycles. The number of aromatic hydroxyl groups is 1. The van der Waals surface area contributed by atoms with Crippen LogP contribution >= 0.6 is 0 Å². The molecule has 5 rings (SSSR count). The van der Waals surface area contributed by atoms with Crippen molar-refractivity contribution in [2.45, 2.75) is 13.0 Å². The van der Waals surface area contributed by atoms with Crippen molar-refractivity contribution in [2.75, 3.05) is 63.8 Å². The third-order valence-electron chi connectivity index (χ3n) is 6.96. The maximum atomic E-state index is 10.6. The first kappa shape index (κ1) is 28.2. The number of phenolic OH excluding ortho intramolecular Hbond substituents is 1. The molecule has 1 saturated heterocycles. The lowest BCUT2D eigenvalue weighted by Crippen LogP contribution is -2.38. The molecule has 2 unspecified atom stereocenters. The van der Waals surface area contributed by atoms with E-state index in [0.29, 0.717) is 35.9 Å². The van der Waals surface area contributed by atoms with E-state index in [1.807, 2.05) is 48.4 Å². The van der Waals surface area contributed by atoms with Gasteiger partial charge < -0.3 is 34.3 Å². The zero-order chi connectivity index (χ0) is 28.6. The number of benzene rings is 2. The number of nitrogens with zero attached hydrogens (tertiary/aromatic N) is 5. The van der Waals surface area contributed by atoms with E-state index in [-0.39, 0.29) is 17.6 Å². The Morgan fingerprint density at radius 2 is 1.88 bits per heavy atom. The second-order valence-electron chi connectivity index (χ2n) is 9.83. The first-order chi connectivity index (χ1) is 20.0. The van der Waals surface area contributed by atoms with Crippen LogP contribution in [0.15, 0.2) is 67.0 Å². The highest BCUT2D eigenvalue weighted by atomic mass is 16.5. The van der Waals surface area contributed by atoms with Gasteiger partial charge in [-0.05, 0) is 30.3 Å². The number of hydrogen-bond acceptors (Lipinski definition) is 11. The van der Waals surface area contributed by atoms with Gasteiger partial charge in [0.15, 0.2) is 11.5 Å². The fourth-order valence-corrected chi connectivity index (χ4v) is 4.59. The number of hydrogen-bond donors (Lipinski definition) is 2. The number of morpholine rings is 1. The second kappa shape index (κ2) is 13.3. The fourth-order valence-electron chi connectivity index (χ4n) is 4.59. The minimum atomic E-state index is -0.0540. The molecule has 0 radical (unpaired) electrons. The lowest BCUT2D eigenvalue weighted by molar-refractivity contribution is 0.0321. The number of allylic oxidation sites excluding steroid dienone is 2. The van der Waals surface area contributed by atoms with Crippen molar-refractivity contribution < 1.29 is 24.1 Å². The molecule has 1 aliphatic heterocycles. The first-order valence-corrected chi connectivity index (χ1v) is 13.7. The SMILES string of the molecule is COc1c(O)cc(Nc2ncnc(N(C)c3ccc(OC4C=CC=CC4C)cc3)n2)cc1OCCN1CCOCC1. The van der Waals surface area contributed by atoms with Crippen molar-refractivity contribution in [3.63, 3.8) is 0 Å². The lowest BCUT2D eigenvalue weighted by Gasteiger charge is -2.26. The van der Waals surface area contributed by atoms with Gasteiger partial charge in [0, 0.05) is 56.1 Å². The number of ether oxygens (including phenoxy) is 4. The second-order valence-corrected chi connectivity index (χ2v) is 9.83. The monoisotopic (exact) mass is 560 g/mol. The predicted molar refractivity (Wildman–Crippen MR) is 157 cm³/mol. The molecule has 2 atom stereocenters. The summed E-state index contributed by atoms with van der Waals surface area (Å²) in [5.74, 6) is 2.50. The number of anilines is 4. The summed E-state index contributed by atoms with van der Waals surface area (Å²) in [6, 6.07) is 11.1. The van der Waals surface area contributed by atoms with Crippen molar-refractivity contribution in [3.05, 3.63) is 67.0 Å². The fraction of sp³-hybridized carbons (Fsp3) is 0.367. The Balaban J connectivity index is 1.24. The van der Waals surface area contributed by atoms with Crippen LogP contribution in [0.5, 0.6) is 23.0 Å². The van der Waals surface area contributed by atoms with Gasteiger partial charge in [0.05, 0.1) is 20.3 Å². The van der Waals surface area contributed by atoms with Crippen molar-refractivity contribution in [2.24, 2.45) is 5.92 Å². The van der Waals surface area contributed by atoms with E-state index in [9.17, 15) is 5.11 Å². The van der Waals surface area contributed by atoms with E-state index in [2.05, 4.69) is 44.2 Å². The number of methoxy groups -OCH3 is 1. The van der Waals surface area contributed by atoms with E-state index >= 15 is 0 Å². The Hall–Kier alpha value is -4.35. The molecule has 41 heavy (non-hydrogen) atoms. The third-order valence-corrected chi connectivity index (χ3v) is 6.96. The smallest absolute Gasteiger partial charge is 0.234 e. The molecule has 0 spiro atoms. The summed E-state index contributed by atoms with van der Waals surface area (Å²) in [4.78, 5) is 17.3. The van der Waals surface area contributed by atoms with Gasteiger partial charge >= 0.3 is 0 Å². The van der Waals surface area contributed by atoms with Crippen LogP contribution in [0.1, 0.15) is 6.92 Å². The number of rotatable bonds is 11. The zero-order valence-electron chi connectivity index (χ0n) is 23.6. The molecule has 1 fully saturated rings. The minimum Gasteiger partial charge on any atom is -0.504 e. The molecule has 2 heterocycles. The summed E-state index contributed by atoms with van der Waals surface area (Å²) in [6.45, 7) is 6.51. The normalized spacial score (nSPS) is 18.6.